The number of hydrogen-bond donors (Lipinski definition) is 1. The van der Waals surface area contributed by atoms with Gasteiger partial charge in [0.1, 0.15) is 5.82 Å². The number of aromatic nitrogens is 3. The van der Waals surface area contributed by atoms with Gasteiger partial charge in [-0.1, -0.05) is 6.07 Å². The molecule has 2 aromatic heterocycles. The van der Waals surface area contributed by atoms with E-state index in [1.807, 2.05) is 0 Å². The maximum atomic E-state index is 13.5. The Balaban J connectivity index is 2.47. The van der Waals surface area contributed by atoms with Gasteiger partial charge in [-0.3, -0.25) is 9.78 Å². The molecule has 0 aliphatic carbocycles. The van der Waals surface area contributed by atoms with Crippen molar-refractivity contribution in [2.24, 2.45) is 0 Å². The van der Waals surface area contributed by atoms with Gasteiger partial charge in [-0.15, -0.1) is 0 Å². The van der Waals surface area contributed by atoms with E-state index in [4.69, 9.17) is 0 Å². The molecule has 0 saturated heterocycles. The lowest BCUT2D eigenvalue weighted by molar-refractivity contribution is 0.635. The van der Waals surface area contributed by atoms with E-state index in [0.717, 1.165) is 4.57 Å². The molecule has 3 rings (SSSR count). The first-order valence-electron chi connectivity index (χ1n) is 5.52. The Morgan fingerprint density at radius 3 is 2.74 bits per heavy atom. The third-order valence-corrected chi connectivity index (χ3v) is 2.79. The largest absolute Gasteiger partial charge is 0.333 e. The molecule has 0 radical (unpaired) electrons. The van der Waals surface area contributed by atoms with Crippen molar-refractivity contribution < 1.29 is 4.39 Å². The standard InChI is InChI=1S/C13H8FN3O2/c14-10-5-1-4-9-11(10)16-13(19)17(12(9)18)8-3-2-6-15-7-8/h1-7H,(H,16,19). The lowest BCUT2D eigenvalue weighted by Crippen LogP contribution is -2.33. The molecule has 0 amide bonds. The first-order valence-corrected chi connectivity index (χ1v) is 5.52. The Morgan fingerprint density at radius 1 is 1.16 bits per heavy atom. The van der Waals surface area contributed by atoms with Crippen molar-refractivity contribution in [3.8, 4) is 5.69 Å². The number of benzene rings is 1. The number of nitrogens with zero attached hydrogens (tertiary/aromatic N) is 2. The number of para-hydroxylation sites is 1. The predicted molar refractivity (Wildman–Crippen MR) is 67.9 cm³/mol. The Labute approximate surface area is 106 Å². The van der Waals surface area contributed by atoms with Gasteiger partial charge in [0.25, 0.3) is 5.56 Å². The molecule has 0 spiro atoms. The maximum absolute atomic E-state index is 13.5. The molecule has 0 fully saturated rings. The molecule has 1 N–H and O–H groups in total. The van der Waals surface area contributed by atoms with E-state index in [9.17, 15) is 14.0 Å². The van der Waals surface area contributed by atoms with Crippen molar-refractivity contribution in [2.75, 3.05) is 0 Å². The van der Waals surface area contributed by atoms with Crippen LogP contribution in [0.15, 0.2) is 52.3 Å². The summed E-state index contributed by atoms with van der Waals surface area (Å²) < 4.78 is 14.5. The van der Waals surface area contributed by atoms with Crippen LogP contribution in [0.2, 0.25) is 0 Å². The van der Waals surface area contributed by atoms with E-state index in [0.29, 0.717) is 5.69 Å². The van der Waals surface area contributed by atoms with Crippen LogP contribution in [-0.4, -0.2) is 14.5 Å². The molecule has 0 saturated carbocycles. The Kier molecular flexibility index (Phi) is 2.49. The van der Waals surface area contributed by atoms with Crippen LogP contribution in [0.4, 0.5) is 4.39 Å². The van der Waals surface area contributed by atoms with E-state index < -0.39 is 17.1 Å². The lowest BCUT2D eigenvalue weighted by atomic mass is 10.2. The van der Waals surface area contributed by atoms with Gasteiger partial charge in [-0.2, -0.15) is 0 Å². The number of rotatable bonds is 1. The zero-order valence-electron chi connectivity index (χ0n) is 9.63. The molecule has 0 aliphatic rings. The summed E-state index contributed by atoms with van der Waals surface area (Å²) in [5.74, 6) is -0.634. The molecule has 3 aromatic rings. The van der Waals surface area contributed by atoms with Crippen molar-refractivity contribution >= 4 is 10.9 Å². The zero-order chi connectivity index (χ0) is 13.4. The fraction of sp³-hybridized carbons (Fsp3) is 0. The normalized spacial score (nSPS) is 10.8. The van der Waals surface area contributed by atoms with Crippen molar-refractivity contribution in [1.29, 1.82) is 0 Å². The van der Waals surface area contributed by atoms with Crippen LogP contribution in [0.1, 0.15) is 0 Å². The molecule has 0 bridgehead atoms. The van der Waals surface area contributed by atoms with Gasteiger partial charge in [0, 0.05) is 6.20 Å². The van der Waals surface area contributed by atoms with Gasteiger partial charge >= 0.3 is 5.69 Å². The highest BCUT2D eigenvalue weighted by Gasteiger charge is 2.11. The first-order chi connectivity index (χ1) is 9.18. The van der Waals surface area contributed by atoms with Crippen LogP contribution in [-0.2, 0) is 0 Å². The number of pyridine rings is 1. The average molecular weight is 257 g/mol. The molecule has 2 heterocycles. The summed E-state index contributed by atoms with van der Waals surface area (Å²) in [5.41, 5.74) is -1.03. The number of halogens is 1. The monoisotopic (exact) mass is 257 g/mol. The minimum absolute atomic E-state index is 0.0855. The van der Waals surface area contributed by atoms with Crippen molar-refractivity contribution in [1.82, 2.24) is 14.5 Å². The molecular weight excluding hydrogens is 249 g/mol. The number of aromatic amines is 1. The van der Waals surface area contributed by atoms with Crippen LogP contribution in [0.3, 0.4) is 0 Å². The molecule has 94 valence electrons. The predicted octanol–water partition coefficient (Wildman–Crippen LogP) is 1.21. The summed E-state index contributed by atoms with van der Waals surface area (Å²) in [6, 6.07) is 7.26. The maximum Gasteiger partial charge on any atom is 0.333 e. The quantitative estimate of drug-likeness (QED) is 0.712. The van der Waals surface area contributed by atoms with Crippen molar-refractivity contribution in [3.05, 3.63) is 69.4 Å². The van der Waals surface area contributed by atoms with Gasteiger partial charge in [0.2, 0.25) is 0 Å². The third kappa shape index (κ3) is 1.74. The van der Waals surface area contributed by atoms with E-state index in [1.54, 1.807) is 12.1 Å². The summed E-state index contributed by atoms with van der Waals surface area (Å²) in [6.07, 6.45) is 2.92. The Bertz CT molecular complexity index is 868. The summed E-state index contributed by atoms with van der Waals surface area (Å²) in [7, 11) is 0. The highest BCUT2D eigenvalue weighted by atomic mass is 19.1. The zero-order valence-corrected chi connectivity index (χ0v) is 9.63. The summed E-state index contributed by atoms with van der Waals surface area (Å²) in [4.78, 5) is 30.4. The number of H-pyrrole nitrogens is 1. The third-order valence-electron chi connectivity index (χ3n) is 2.79. The Hall–Kier alpha value is -2.76. The fourth-order valence-corrected chi connectivity index (χ4v) is 1.93. The molecule has 0 aliphatic heterocycles. The SMILES string of the molecule is O=c1[nH]c2c(F)cccc2c(=O)n1-c1cccnc1. The van der Waals surface area contributed by atoms with Gasteiger partial charge < -0.3 is 4.98 Å². The minimum Gasteiger partial charge on any atom is -0.304 e. The van der Waals surface area contributed by atoms with Crippen molar-refractivity contribution in [2.45, 2.75) is 0 Å². The minimum atomic E-state index is -0.699. The topological polar surface area (TPSA) is 67.8 Å². The second-order valence-electron chi connectivity index (χ2n) is 3.94. The Morgan fingerprint density at radius 2 is 2.00 bits per heavy atom. The van der Waals surface area contributed by atoms with Gasteiger partial charge in [0.05, 0.1) is 22.8 Å². The number of fused-ring (bicyclic) bond motifs is 1. The first kappa shape index (κ1) is 11.3. The van der Waals surface area contributed by atoms with Gasteiger partial charge in [-0.05, 0) is 24.3 Å². The van der Waals surface area contributed by atoms with E-state index >= 15 is 0 Å². The molecule has 6 heteroatoms. The molecule has 0 atom stereocenters. The van der Waals surface area contributed by atoms with Crippen LogP contribution < -0.4 is 11.2 Å². The van der Waals surface area contributed by atoms with E-state index in [-0.39, 0.29) is 10.9 Å². The van der Waals surface area contributed by atoms with Crippen LogP contribution in [0, 0.1) is 5.82 Å². The average Bonchev–Trinajstić information content (AvgIpc) is 2.41. The second kappa shape index (κ2) is 4.16. The highest BCUT2D eigenvalue weighted by molar-refractivity contribution is 5.78. The summed E-state index contributed by atoms with van der Waals surface area (Å²) >= 11 is 0. The molecule has 1 aromatic carbocycles. The summed E-state index contributed by atoms with van der Waals surface area (Å²) in [5, 5.41) is 0.114. The van der Waals surface area contributed by atoms with E-state index in [1.165, 1.54) is 30.6 Å². The fourth-order valence-electron chi connectivity index (χ4n) is 1.93. The number of hydrogen-bond acceptors (Lipinski definition) is 3. The highest BCUT2D eigenvalue weighted by Crippen LogP contribution is 2.10. The lowest BCUT2D eigenvalue weighted by Gasteiger charge is -2.05. The molecular formula is C13H8FN3O2. The van der Waals surface area contributed by atoms with Gasteiger partial charge in [-0.25, -0.2) is 13.8 Å². The van der Waals surface area contributed by atoms with Crippen LogP contribution in [0.5, 0.6) is 0 Å². The van der Waals surface area contributed by atoms with E-state index in [2.05, 4.69) is 9.97 Å². The van der Waals surface area contributed by atoms with Crippen molar-refractivity contribution in [3.63, 3.8) is 0 Å². The van der Waals surface area contributed by atoms with Crippen LogP contribution >= 0.6 is 0 Å². The summed E-state index contributed by atoms with van der Waals surface area (Å²) in [6.45, 7) is 0. The molecule has 19 heavy (non-hydrogen) atoms. The second-order valence-corrected chi connectivity index (χ2v) is 3.94. The smallest absolute Gasteiger partial charge is 0.304 e. The molecule has 5 nitrogen and oxygen atoms in total. The van der Waals surface area contributed by atoms with Crippen LogP contribution in [0.25, 0.3) is 16.6 Å². The van der Waals surface area contributed by atoms with Gasteiger partial charge in [0.15, 0.2) is 0 Å². The molecule has 0 unspecified atom stereocenters. The number of nitrogens with one attached hydrogen (secondary N) is 1.